The van der Waals surface area contributed by atoms with E-state index in [-0.39, 0.29) is 17.7 Å². The van der Waals surface area contributed by atoms with E-state index in [0.717, 1.165) is 19.3 Å². The molecule has 0 heterocycles. The molecule has 6 heteroatoms. The molecule has 0 unspecified atom stereocenters. The number of carbonyl (C=O) groups excluding carboxylic acids is 2. The van der Waals surface area contributed by atoms with Crippen LogP contribution < -0.4 is 19.9 Å². The lowest BCUT2D eigenvalue weighted by Gasteiger charge is -2.30. The van der Waals surface area contributed by atoms with Gasteiger partial charge >= 0.3 is 0 Å². The number of fused-ring (bicyclic) bond motifs is 2. The summed E-state index contributed by atoms with van der Waals surface area (Å²) in [5.74, 6) is -1.24. The average Bonchev–Trinajstić information content (AvgIpc) is 3.15. The van der Waals surface area contributed by atoms with Gasteiger partial charge in [0, 0.05) is 29.6 Å². The summed E-state index contributed by atoms with van der Waals surface area (Å²) >= 11 is 0. The monoisotopic (exact) mass is 318 g/mol. The molecular weight excluding hydrogens is 298 g/mol. The van der Waals surface area contributed by atoms with Crippen molar-refractivity contribution in [2.24, 2.45) is 23.7 Å². The maximum Gasteiger partial charge on any atom is 0.228 e. The highest BCUT2D eigenvalue weighted by molar-refractivity contribution is 5.96. The Labute approximate surface area is 134 Å². The molecule has 3 rings (SSSR count). The number of carbonyl (C=O) groups is 2. The lowest BCUT2D eigenvalue weighted by atomic mass is 9.78. The molecule has 1 amide bonds. The molecular formula is C17H20NO5-. The topological polar surface area (TPSA) is 87.7 Å². The number of carboxylic acids is 1. The zero-order valence-electron chi connectivity index (χ0n) is 13.2. The number of aliphatic carboxylic acids is 1. The fourth-order valence-electron chi connectivity index (χ4n) is 4.15. The zero-order valence-corrected chi connectivity index (χ0v) is 13.2. The number of rotatable bonds is 5. The summed E-state index contributed by atoms with van der Waals surface area (Å²) in [6.45, 7) is 0. The van der Waals surface area contributed by atoms with Crippen LogP contribution >= 0.6 is 0 Å². The highest BCUT2D eigenvalue weighted by Crippen LogP contribution is 2.52. The fraction of sp³-hybridized carbons (Fsp3) is 0.529. The van der Waals surface area contributed by atoms with Crippen molar-refractivity contribution in [2.75, 3.05) is 19.5 Å². The van der Waals surface area contributed by atoms with Crippen molar-refractivity contribution in [3.8, 4) is 11.5 Å². The Balaban J connectivity index is 1.78. The van der Waals surface area contributed by atoms with E-state index in [2.05, 4.69) is 5.32 Å². The molecule has 2 aliphatic rings. The molecule has 2 saturated carbocycles. The quantitative estimate of drug-likeness (QED) is 0.877. The molecule has 0 aromatic heterocycles. The van der Waals surface area contributed by atoms with Crippen LogP contribution in [0, 0.1) is 23.7 Å². The number of anilines is 1. The van der Waals surface area contributed by atoms with Gasteiger partial charge in [0.1, 0.15) is 0 Å². The third kappa shape index (κ3) is 2.73. The van der Waals surface area contributed by atoms with Gasteiger partial charge < -0.3 is 24.7 Å². The Kier molecular flexibility index (Phi) is 4.15. The minimum Gasteiger partial charge on any atom is -0.550 e. The predicted molar refractivity (Wildman–Crippen MR) is 81.0 cm³/mol. The van der Waals surface area contributed by atoms with Crippen LogP contribution in [0.15, 0.2) is 18.2 Å². The molecule has 4 atom stereocenters. The van der Waals surface area contributed by atoms with Crippen LogP contribution in [0.3, 0.4) is 0 Å². The number of amides is 1. The second kappa shape index (κ2) is 6.10. The van der Waals surface area contributed by atoms with Gasteiger partial charge in [0.2, 0.25) is 5.91 Å². The normalized spacial score (nSPS) is 28.4. The Bertz CT molecular complexity index is 629. The number of benzene rings is 1. The molecule has 2 fully saturated rings. The van der Waals surface area contributed by atoms with Crippen LogP contribution in [0.4, 0.5) is 5.69 Å². The highest BCUT2D eigenvalue weighted by atomic mass is 16.5. The number of methoxy groups -OCH3 is 2. The highest BCUT2D eigenvalue weighted by Gasteiger charge is 2.51. The Morgan fingerprint density at radius 2 is 1.74 bits per heavy atom. The van der Waals surface area contributed by atoms with E-state index < -0.39 is 17.8 Å². The molecule has 6 nitrogen and oxygen atoms in total. The molecule has 0 saturated heterocycles. The summed E-state index contributed by atoms with van der Waals surface area (Å²) in [6.07, 6.45) is 2.60. The molecule has 124 valence electrons. The van der Waals surface area contributed by atoms with E-state index in [1.807, 2.05) is 0 Å². The lowest BCUT2D eigenvalue weighted by molar-refractivity contribution is -0.314. The smallest absolute Gasteiger partial charge is 0.228 e. The Morgan fingerprint density at radius 3 is 2.35 bits per heavy atom. The number of carboxylic acid groups (broad SMARTS) is 1. The fourth-order valence-corrected chi connectivity index (χ4v) is 4.15. The second-order valence-electron chi connectivity index (χ2n) is 6.26. The third-order valence-electron chi connectivity index (χ3n) is 5.14. The number of hydrogen-bond acceptors (Lipinski definition) is 5. The van der Waals surface area contributed by atoms with Gasteiger partial charge in [-0.15, -0.1) is 0 Å². The largest absolute Gasteiger partial charge is 0.550 e. The van der Waals surface area contributed by atoms with E-state index in [4.69, 9.17) is 9.47 Å². The summed E-state index contributed by atoms with van der Waals surface area (Å²) < 4.78 is 10.4. The summed E-state index contributed by atoms with van der Waals surface area (Å²) in [7, 11) is 3.06. The number of nitrogens with one attached hydrogen (secondary N) is 1. The summed E-state index contributed by atoms with van der Waals surface area (Å²) in [4.78, 5) is 24.0. The van der Waals surface area contributed by atoms with Gasteiger partial charge in [-0.1, -0.05) is 0 Å². The van der Waals surface area contributed by atoms with Crippen LogP contribution in [0.2, 0.25) is 0 Å². The van der Waals surface area contributed by atoms with Crippen molar-refractivity contribution in [3.63, 3.8) is 0 Å². The van der Waals surface area contributed by atoms with Crippen LogP contribution in [-0.2, 0) is 9.59 Å². The lowest BCUT2D eigenvalue weighted by Crippen LogP contribution is -2.43. The zero-order chi connectivity index (χ0) is 16.6. The van der Waals surface area contributed by atoms with Crippen molar-refractivity contribution in [3.05, 3.63) is 18.2 Å². The van der Waals surface area contributed by atoms with Gasteiger partial charge in [-0.05, 0) is 43.2 Å². The van der Waals surface area contributed by atoms with Crippen LogP contribution in [0.25, 0.3) is 0 Å². The first kappa shape index (κ1) is 15.6. The molecule has 0 aliphatic heterocycles. The van der Waals surface area contributed by atoms with Gasteiger partial charge in [-0.2, -0.15) is 0 Å². The first-order valence-electron chi connectivity index (χ1n) is 7.79. The first-order chi connectivity index (χ1) is 11.0. The van der Waals surface area contributed by atoms with Gasteiger partial charge in [0.15, 0.2) is 11.5 Å². The van der Waals surface area contributed by atoms with E-state index in [1.165, 1.54) is 14.2 Å². The SMILES string of the molecule is COc1ccc(NC(=O)[C@@H]2[C@@H]3CC[C@H](C3)[C@H]2C(=O)[O-])cc1OC. The maximum absolute atomic E-state index is 12.6. The number of ether oxygens (including phenoxy) is 2. The minimum atomic E-state index is -1.11. The Morgan fingerprint density at radius 1 is 1.09 bits per heavy atom. The van der Waals surface area contributed by atoms with Crippen LogP contribution in [0.5, 0.6) is 11.5 Å². The van der Waals surface area contributed by atoms with E-state index in [0.29, 0.717) is 17.2 Å². The van der Waals surface area contributed by atoms with Gasteiger partial charge in [-0.25, -0.2) is 0 Å². The predicted octanol–water partition coefficient (Wildman–Crippen LogP) is 1.05. The standard InChI is InChI=1S/C17H21NO5/c1-22-12-6-5-11(8-13(12)23-2)18-16(19)14-9-3-4-10(7-9)15(14)17(20)21/h5-6,8-10,14-15H,3-4,7H2,1-2H3,(H,18,19)(H,20,21)/p-1/t9-,10-,14-,15-/m1/s1. The van der Waals surface area contributed by atoms with Crippen LogP contribution in [-0.4, -0.2) is 26.1 Å². The maximum atomic E-state index is 12.6. The molecule has 1 N–H and O–H groups in total. The van der Waals surface area contributed by atoms with Gasteiger partial charge in [-0.3, -0.25) is 4.79 Å². The molecule has 0 spiro atoms. The van der Waals surface area contributed by atoms with Crippen LogP contribution in [0.1, 0.15) is 19.3 Å². The molecule has 0 radical (unpaired) electrons. The van der Waals surface area contributed by atoms with E-state index in [9.17, 15) is 14.7 Å². The molecule has 2 bridgehead atoms. The second-order valence-corrected chi connectivity index (χ2v) is 6.26. The average molecular weight is 318 g/mol. The van der Waals surface area contributed by atoms with Gasteiger partial charge in [0.25, 0.3) is 0 Å². The number of hydrogen-bond donors (Lipinski definition) is 1. The van der Waals surface area contributed by atoms with Crippen molar-refractivity contribution in [1.29, 1.82) is 0 Å². The molecule has 1 aromatic carbocycles. The van der Waals surface area contributed by atoms with E-state index in [1.54, 1.807) is 18.2 Å². The molecule has 1 aromatic rings. The molecule has 23 heavy (non-hydrogen) atoms. The Hall–Kier alpha value is -2.24. The summed E-state index contributed by atoms with van der Waals surface area (Å²) in [6, 6.07) is 5.07. The first-order valence-corrected chi connectivity index (χ1v) is 7.79. The summed E-state index contributed by atoms with van der Waals surface area (Å²) in [5, 5.41) is 14.2. The minimum absolute atomic E-state index is 0.0751. The van der Waals surface area contributed by atoms with Gasteiger partial charge in [0.05, 0.1) is 14.2 Å². The van der Waals surface area contributed by atoms with Crippen molar-refractivity contribution < 1.29 is 24.2 Å². The van der Waals surface area contributed by atoms with Crippen molar-refractivity contribution >= 4 is 17.6 Å². The van der Waals surface area contributed by atoms with Crippen molar-refractivity contribution in [2.45, 2.75) is 19.3 Å². The van der Waals surface area contributed by atoms with Crippen molar-refractivity contribution in [1.82, 2.24) is 0 Å². The summed E-state index contributed by atoms with van der Waals surface area (Å²) in [5.41, 5.74) is 0.563. The third-order valence-corrected chi connectivity index (χ3v) is 5.14. The van der Waals surface area contributed by atoms with E-state index >= 15 is 0 Å². The molecule has 2 aliphatic carbocycles.